The summed E-state index contributed by atoms with van der Waals surface area (Å²) >= 11 is 0. The highest BCUT2D eigenvalue weighted by Gasteiger charge is 2.10. The van der Waals surface area contributed by atoms with Gasteiger partial charge in [0.2, 0.25) is 5.91 Å². The fraction of sp³-hybridized carbons (Fsp3) is 0.381. The van der Waals surface area contributed by atoms with Gasteiger partial charge in [-0.15, -0.1) is 0 Å². The minimum absolute atomic E-state index is 0.00311. The number of anilines is 2. The summed E-state index contributed by atoms with van der Waals surface area (Å²) in [6, 6.07) is 16.5. The van der Waals surface area contributed by atoms with Crippen LogP contribution in [0.4, 0.5) is 11.4 Å². The normalized spacial score (nSPS) is 14.2. The van der Waals surface area contributed by atoms with E-state index in [1.54, 1.807) is 0 Å². The molecule has 1 fully saturated rings. The van der Waals surface area contributed by atoms with Crippen LogP contribution in [0.5, 0.6) is 0 Å². The lowest BCUT2D eigenvalue weighted by atomic mass is 10.1. The maximum atomic E-state index is 12.0. The van der Waals surface area contributed by atoms with Crippen LogP contribution >= 0.6 is 0 Å². The zero-order valence-electron chi connectivity index (χ0n) is 14.9. The van der Waals surface area contributed by atoms with Crippen molar-refractivity contribution in [3.63, 3.8) is 0 Å². The van der Waals surface area contributed by atoms with E-state index in [1.807, 2.05) is 18.2 Å². The minimum atomic E-state index is 0.00311. The Bertz CT molecular complexity index is 691. The molecule has 1 heterocycles. The number of hydrogen-bond acceptors (Lipinski definition) is 3. The van der Waals surface area contributed by atoms with Crippen LogP contribution in [0, 0.1) is 6.92 Å². The second-order valence-electron chi connectivity index (χ2n) is 6.65. The lowest BCUT2D eigenvalue weighted by molar-refractivity contribution is -0.119. The Labute approximate surface area is 150 Å². The molecule has 0 aliphatic carbocycles. The van der Waals surface area contributed by atoms with E-state index in [9.17, 15) is 4.79 Å². The number of carbonyl (C=O) groups excluding carboxylic acids is 1. The molecular weight excluding hydrogens is 310 g/mol. The number of nitrogens with one attached hydrogen (secondary N) is 2. The van der Waals surface area contributed by atoms with Crippen molar-refractivity contribution in [3.05, 3.63) is 59.7 Å². The van der Waals surface area contributed by atoms with Gasteiger partial charge < -0.3 is 15.5 Å². The highest BCUT2D eigenvalue weighted by molar-refractivity contribution is 5.80. The molecule has 0 aromatic heterocycles. The Balaban J connectivity index is 1.44. The maximum absolute atomic E-state index is 12.0. The molecule has 1 saturated heterocycles. The van der Waals surface area contributed by atoms with Gasteiger partial charge in [0.1, 0.15) is 0 Å². The molecule has 2 aromatic rings. The maximum Gasteiger partial charge on any atom is 0.239 e. The minimum Gasteiger partial charge on any atom is -0.376 e. The van der Waals surface area contributed by atoms with Crippen LogP contribution in [0.15, 0.2) is 48.5 Å². The summed E-state index contributed by atoms with van der Waals surface area (Å²) in [5.74, 6) is 0.00311. The highest BCUT2D eigenvalue weighted by atomic mass is 16.1. The van der Waals surface area contributed by atoms with Crippen molar-refractivity contribution >= 4 is 17.3 Å². The molecule has 4 heteroatoms. The van der Waals surface area contributed by atoms with Crippen LogP contribution in [0.25, 0.3) is 0 Å². The standard InChI is InChI=1S/C21H27N3O/c1-17-7-3-4-8-18(17)15-23-21(25)16-22-19-9-11-20(12-10-19)24-13-5-2-6-14-24/h3-4,7-12,22H,2,5-6,13-16H2,1H3,(H,23,25). The molecule has 132 valence electrons. The lowest BCUT2D eigenvalue weighted by Crippen LogP contribution is -2.30. The van der Waals surface area contributed by atoms with Crippen LogP contribution < -0.4 is 15.5 Å². The van der Waals surface area contributed by atoms with E-state index in [0.29, 0.717) is 6.54 Å². The van der Waals surface area contributed by atoms with Crippen molar-refractivity contribution in [2.24, 2.45) is 0 Å². The average Bonchev–Trinajstić information content (AvgIpc) is 2.67. The number of benzene rings is 2. The molecule has 25 heavy (non-hydrogen) atoms. The van der Waals surface area contributed by atoms with Gasteiger partial charge in [0.25, 0.3) is 0 Å². The van der Waals surface area contributed by atoms with Gasteiger partial charge >= 0.3 is 0 Å². The molecule has 0 saturated carbocycles. The SMILES string of the molecule is Cc1ccccc1CNC(=O)CNc1ccc(N2CCCCC2)cc1. The van der Waals surface area contributed by atoms with Gasteiger partial charge in [0, 0.05) is 31.0 Å². The van der Waals surface area contributed by atoms with Gasteiger partial charge in [-0.3, -0.25) is 4.79 Å². The van der Waals surface area contributed by atoms with Crippen molar-refractivity contribution in [1.82, 2.24) is 5.32 Å². The van der Waals surface area contributed by atoms with Crippen LogP contribution in [0.3, 0.4) is 0 Å². The van der Waals surface area contributed by atoms with Gasteiger partial charge in [-0.05, 0) is 61.6 Å². The van der Waals surface area contributed by atoms with Gasteiger partial charge in [-0.2, -0.15) is 0 Å². The first-order chi connectivity index (χ1) is 12.2. The van der Waals surface area contributed by atoms with Crippen molar-refractivity contribution in [2.45, 2.75) is 32.7 Å². The number of nitrogens with zero attached hydrogens (tertiary/aromatic N) is 1. The highest BCUT2D eigenvalue weighted by Crippen LogP contribution is 2.21. The number of aryl methyl sites for hydroxylation is 1. The van der Waals surface area contributed by atoms with Crippen molar-refractivity contribution in [3.8, 4) is 0 Å². The first-order valence-corrected chi connectivity index (χ1v) is 9.12. The Kier molecular flexibility index (Phi) is 5.94. The zero-order chi connectivity index (χ0) is 17.5. The fourth-order valence-corrected chi connectivity index (χ4v) is 3.19. The average molecular weight is 337 g/mol. The van der Waals surface area contributed by atoms with E-state index in [4.69, 9.17) is 0 Å². The Morgan fingerprint density at radius 1 is 1.00 bits per heavy atom. The molecule has 2 N–H and O–H groups in total. The summed E-state index contributed by atoms with van der Waals surface area (Å²) < 4.78 is 0. The fourth-order valence-electron chi connectivity index (χ4n) is 3.19. The predicted octanol–water partition coefficient (Wildman–Crippen LogP) is 3.71. The van der Waals surface area contributed by atoms with Crippen LogP contribution in [-0.2, 0) is 11.3 Å². The molecule has 0 spiro atoms. The van der Waals surface area contributed by atoms with Gasteiger partial charge in [-0.25, -0.2) is 0 Å². The predicted molar refractivity (Wildman–Crippen MR) is 104 cm³/mol. The molecule has 0 atom stereocenters. The number of hydrogen-bond donors (Lipinski definition) is 2. The van der Waals surface area contributed by atoms with E-state index in [2.05, 4.69) is 52.8 Å². The lowest BCUT2D eigenvalue weighted by Gasteiger charge is -2.28. The quantitative estimate of drug-likeness (QED) is 0.844. The molecule has 1 aliphatic heterocycles. The molecule has 2 aromatic carbocycles. The Morgan fingerprint density at radius 2 is 1.72 bits per heavy atom. The largest absolute Gasteiger partial charge is 0.376 e. The summed E-state index contributed by atoms with van der Waals surface area (Å²) in [6.07, 6.45) is 3.90. The van der Waals surface area contributed by atoms with E-state index in [-0.39, 0.29) is 12.5 Å². The molecular formula is C21H27N3O. The number of rotatable bonds is 6. The number of piperidine rings is 1. The van der Waals surface area contributed by atoms with Gasteiger partial charge in [0.15, 0.2) is 0 Å². The second kappa shape index (κ2) is 8.56. The van der Waals surface area contributed by atoms with Crippen LogP contribution in [0.1, 0.15) is 30.4 Å². The molecule has 1 amide bonds. The zero-order valence-corrected chi connectivity index (χ0v) is 14.9. The third kappa shape index (κ3) is 4.99. The molecule has 3 rings (SSSR count). The number of amides is 1. The van der Waals surface area contributed by atoms with E-state index in [0.717, 1.165) is 24.3 Å². The first-order valence-electron chi connectivity index (χ1n) is 9.12. The van der Waals surface area contributed by atoms with E-state index in [1.165, 1.54) is 30.5 Å². The van der Waals surface area contributed by atoms with Gasteiger partial charge in [-0.1, -0.05) is 24.3 Å². The topological polar surface area (TPSA) is 44.4 Å². The second-order valence-corrected chi connectivity index (χ2v) is 6.65. The summed E-state index contributed by atoms with van der Waals surface area (Å²) in [4.78, 5) is 14.5. The summed E-state index contributed by atoms with van der Waals surface area (Å²) in [5.41, 5.74) is 4.60. The molecule has 0 bridgehead atoms. The first kappa shape index (κ1) is 17.3. The van der Waals surface area contributed by atoms with Crippen molar-refractivity contribution in [1.29, 1.82) is 0 Å². The Hall–Kier alpha value is -2.49. The third-order valence-electron chi connectivity index (χ3n) is 4.78. The third-order valence-corrected chi connectivity index (χ3v) is 4.78. The number of carbonyl (C=O) groups is 1. The van der Waals surface area contributed by atoms with E-state index < -0.39 is 0 Å². The van der Waals surface area contributed by atoms with E-state index >= 15 is 0 Å². The monoisotopic (exact) mass is 337 g/mol. The summed E-state index contributed by atoms with van der Waals surface area (Å²) in [5, 5.41) is 6.16. The van der Waals surface area contributed by atoms with Crippen molar-refractivity contribution in [2.75, 3.05) is 29.9 Å². The molecule has 0 unspecified atom stereocenters. The molecule has 1 aliphatic rings. The smallest absolute Gasteiger partial charge is 0.239 e. The Morgan fingerprint density at radius 3 is 2.44 bits per heavy atom. The van der Waals surface area contributed by atoms with Crippen LogP contribution in [-0.4, -0.2) is 25.5 Å². The molecule has 0 radical (unpaired) electrons. The summed E-state index contributed by atoms with van der Waals surface area (Å²) in [7, 11) is 0. The van der Waals surface area contributed by atoms with Crippen molar-refractivity contribution < 1.29 is 4.79 Å². The van der Waals surface area contributed by atoms with Crippen LogP contribution in [0.2, 0.25) is 0 Å². The summed E-state index contributed by atoms with van der Waals surface area (Å²) in [6.45, 7) is 5.21. The van der Waals surface area contributed by atoms with Gasteiger partial charge in [0.05, 0.1) is 6.54 Å². The molecule has 4 nitrogen and oxygen atoms in total.